The number of ether oxygens (including phenoxy) is 1. The molecule has 3 nitrogen and oxygen atoms in total. The van der Waals surface area contributed by atoms with Crippen molar-refractivity contribution in [1.29, 1.82) is 0 Å². The van der Waals surface area contributed by atoms with E-state index in [1.165, 1.54) is 0 Å². The van der Waals surface area contributed by atoms with Crippen molar-refractivity contribution in [3.63, 3.8) is 0 Å². The van der Waals surface area contributed by atoms with Crippen LogP contribution in [0.4, 0.5) is 0 Å². The first kappa shape index (κ1) is 7.54. The molecule has 0 unspecified atom stereocenters. The molecule has 1 aliphatic carbocycles. The number of hydrogen-bond donors (Lipinski definition) is 1. The van der Waals surface area contributed by atoms with Gasteiger partial charge in [-0.15, -0.1) is 0 Å². The number of carboxylic acid groups (broad SMARTS) is 1. The van der Waals surface area contributed by atoms with Crippen LogP contribution in [0.25, 0.3) is 0 Å². The van der Waals surface area contributed by atoms with Gasteiger partial charge in [0.25, 0.3) is 0 Å². The average Bonchev–Trinajstić information content (AvgIpc) is 2.47. The molecule has 0 spiro atoms. The normalized spacial score (nSPS) is 20.5. The topological polar surface area (TPSA) is 46.5 Å². The Labute approximate surface area is 60.0 Å². The Kier molecular flexibility index (Phi) is 1.94. The molecule has 1 aliphatic rings. The monoisotopic (exact) mass is 144 g/mol. The van der Waals surface area contributed by atoms with E-state index in [1.807, 2.05) is 6.92 Å². The number of rotatable bonds is 4. The second kappa shape index (κ2) is 2.58. The first-order chi connectivity index (χ1) is 4.68. The van der Waals surface area contributed by atoms with Crippen molar-refractivity contribution >= 4 is 5.97 Å². The van der Waals surface area contributed by atoms with Gasteiger partial charge in [0.1, 0.15) is 0 Å². The highest BCUT2D eigenvalue weighted by molar-refractivity contribution is 5.68. The second-order valence-electron chi connectivity index (χ2n) is 2.69. The Balaban J connectivity index is 2.30. The zero-order valence-corrected chi connectivity index (χ0v) is 6.09. The van der Waals surface area contributed by atoms with Gasteiger partial charge < -0.3 is 9.84 Å². The summed E-state index contributed by atoms with van der Waals surface area (Å²) in [6, 6.07) is 0. The molecule has 0 bridgehead atoms. The SMILES string of the molecule is CCOC1(CC(=O)O)CC1. The molecule has 1 N–H and O–H groups in total. The smallest absolute Gasteiger partial charge is 0.306 e. The molecule has 0 atom stereocenters. The average molecular weight is 144 g/mol. The van der Waals surface area contributed by atoms with Gasteiger partial charge in [-0.3, -0.25) is 4.79 Å². The standard InChI is InChI=1S/C7H12O3/c1-2-10-7(3-4-7)5-6(8)9/h2-5H2,1H3,(H,8,9). The lowest BCUT2D eigenvalue weighted by Gasteiger charge is -2.11. The van der Waals surface area contributed by atoms with E-state index in [-0.39, 0.29) is 12.0 Å². The van der Waals surface area contributed by atoms with Crippen LogP contribution >= 0.6 is 0 Å². The van der Waals surface area contributed by atoms with Crippen molar-refractivity contribution < 1.29 is 14.6 Å². The summed E-state index contributed by atoms with van der Waals surface area (Å²) >= 11 is 0. The lowest BCUT2D eigenvalue weighted by molar-refractivity contribution is -0.140. The lowest BCUT2D eigenvalue weighted by atomic mass is 10.2. The van der Waals surface area contributed by atoms with E-state index >= 15 is 0 Å². The molecule has 1 fully saturated rings. The van der Waals surface area contributed by atoms with Crippen LogP contribution in [0.2, 0.25) is 0 Å². The van der Waals surface area contributed by atoms with Gasteiger partial charge in [0.2, 0.25) is 0 Å². The predicted octanol–water partition coefficient (Wildman–Crippen LogP) is 1.03. The summed E-state index contributed by atoms with van der Waals surface area (Å²) in [4.78, 5) is 10.2. The van der Waals surface area contributed by atoms with Gasteiger partial charge in [-0.1, -0.05) is 0 Å². The molecule has 0 aromatic rings. The maximum Gasteiger partial charge on any atom is 0.306 e. The molecular weight excluding hydrogens is 132 g/mol. The quantitative estimate of drug-likeness (QED) is 0.641. The van der Waals surface area contributed by atoms with E-state index in [4.69, 9.17) is 9.84 Å². The van der Waals surface area contributed by atoms with Gasteiger partial charge >= 0.3 is 5.97 Å². The van der Waals surface area contributed by atoms with Crippen molar-refractivity contribution in [3.05, 3.63) is 0 Å². The van der Waals surface area contributed by atoms with Gasteiger partial charge in [0.05, 0.1) is 12.0 Å². The highest BCUT2D eigenvalue weighted by atomic mass is 16.5. The van der Waals surface area contributed by atoms with Crippen LogP contribution in [0.5, 0.6) is 0 Å². The summed E-state index contributed by atoms with van der Waals surface area (Å²) < 4.78 is 5.27. The molecule has 1 saturated carbocycles. The molecular formula is C7H12O3. The fourth-order valence-corrected chi connectivity index (χ4v) is 1.09. The largest absolute Gasteiger partial charge is 0.481 e. The maximum atomic E-state index is 10.2. The highest BCUT2D eigenvalue weighted by Crippen LogP contribution is 2.42. The Morgan fingerprint density at radius 2 is 2.30 bits per heavy atom. The first-order valence-electron chi connectivity index (χ1n) is 3.54. The van der Waals surface area contributed by atoms with Gasteiger partial charge in [0.15, 0.2) is 0 Å². The molecule has 0 saturated heterocycles. The summed E-state index contributed by atoms with van der Waals surface area (Å²) in [5.74, 6) is -0.758. The first-order valence-corrected chi connectivity index (χ1v) is 3.54. The van der Waals surface area contributed by atoms with Crippen LogP contribution in [0.15, 0.2) is 0 Å². The Morgan fingerprint density at radius 3 is 2.60 bits per heavy atom. The summed E-state index contributed by atoms with van der Waals surface area (Å²) in [5.41, 5.74) is -0.277. The van der Waals surface area contributed by atoms with Crippen molar-refractivity contribution in [2.75, 3.05) is 6.61 Å². The molecule has 0 amide bonds. The van der Waals surface area contributed by atoms with Crippen molar-refractivity contribution in [3.8, 4) is 0 Å². The molecule has 1 rings (SSSR count). The third-order valence-electron chi connectivity index (χ3n) is 1.73. The van der Waals surface area contributed by atoms with Gasteiger partial charge in [-0.25, -0.2) is 0 Å². The molecule has 0 radical (unpaired) electrons. The minimum absolute atomic E-state index is 0.167. The summed E-state index contributed by atoms with van der Waals surface area (Å²) in [7, 11) is 0. The number of aliphatic carboxylic acids is 1. The molecule has 0 aliphatic heterocycles. The van der Waals surface area contributed by atoms with Crippen molar-refractivity contribution in [2.45, 2.75) is 31.8 Å². The molecule has 10 heavy (non-hydrogen) atoms. The zero-order valence-electron chi connectivity index (χ0n) is 6.09. The molecule has 58 valence electrons. The van der Waals surface area contributed by atoms with Gasteiger partial charge in [0, 0.05) is 6.61 Å². The van der Waals surface area contributed by atoms with Crippen LogP contribution in [0, 0.1) is 0 Å². The van der Waals surface area contributed by atoms with E-state index in [9.17, 15) is 4.79 Å². The molecule has 0 heterocycles. The Bertz CT molecular complexity index is 138. The van der Waals surface area contributed by atoms with E-state index < -0.39 is 5.97 Å². The minimum Gasteiger partial charge on any atom is -0.481 e. The van der Waals surface area contributed by atoms with Gasteiger partial charge in [-0.05, 0) is 19.8 Å². The molecule has 0 aromatic heterocycles. The number of carbonyl (C=O) groups is 1. The van der Waals surface area contributed by atoms with Crippen LogP contribution in [-0.2, 0) is 9.53 Å². The van der Waals surface area contributed by atoms with E-state index in [2.05, 4.69) is 0 Å². The fourth-order valence-electron chi connectivity index (χ4n) is 1.09. The fraction of sp³-hybridized carbons (Fsp3) is 0.857. The maximum absolute atomic E-state index is 10.2. The Morgan fingerprint density at radius 1 is 1.70 bits per heavy atom. The lowest BCUT2D eigenvalue weighted by Crippen LogP contribution is -2.18. The second-order valence-corrected chi connectivity index (χ2v) is 2.69. The predicted molar refractivity (Wildman–Crippen MR) is 35.8 cm³/mol. The van der Waals surface area contributed by atoms with Crippen molar-refractivity contribution in [2.24, 2.45) is 0 Å². The summed E-state index contributed by atoms with van der Waals surface area (Å²) in [6.07, 6.45) is 1.99. The zero-order chi connectivity index (χ0) is 7.61. The van der Waals surface area contributed by atoms with Crippen LogP contribution in [0.1, 0.15) is 26.2 Å². The van der Waals surface area contributed by atoms with Gasteiger partial charge in [-0.2, -0.15) is 0 Å². The van der Waals surface area contributed by atoms with Crippen molar-refractivity contribution in [1.82, 2.24) is 0 Å². The van der Waals surface area contributed by atoms with Crippen LogP contribution in [0.3, 0.4) is 0 Å². The summed E-state index contributed by atoms with van der Waals surface area (Å²) in [6.45, 7) is 2.51. The molecule has 0 aromatic carbocycles. The van der Waals surface area contributed by atoms with E-state index in [0.717, 1.165) is 12.8 Å². The third kappa shape index (κ3) is 1.70. The minimum atomic E-state index is -0.758. The van der Waals surface area contributed by atoms with Crippen LogP contribution < -0.4 is 0 Å². The van der Waals surface area contributed by atoms with E-state index in [0.29, 0.717) is 6.61 Å². The number of carboxylic acids is 1. The summed E-state index contributed by atoms with van der Waals surface area (Å²) in [5, 5.41) is 8.44. The van der Waals surface area contributed by atoms with E-state index in [1.54, 1.807) is 0 Å². The number of hydrogen-bond acceptors (Lipinski definition) is 2. The Hall–Kier alpha value is -0.570. The third-order valence-corrected chi connectivity index (χ3v) is 1.73. The highest BCUT2D eigenvalue weighted by Gasteiger charge is 2.45. The molecule has 3 heteroatoms. The van der Waals surface area contributed by atoms with Crippen LogP contribution in [-0.4, -0.2) is 23.3 Å².